The number of anilines is 1. The molecule has 5 heteroatoms. The van der Waals surface area contributed by atoms with Crippen LogP contribution >= 0.6 is 22.6 Å². The molecule has 1 fully saturated rings. The van der Waals surface area contributed by atoms with Crippen molar-refractivity contribution in [3.8, 4) is 0 Å². The number of carbonyl (C=O) groups excluding carboxylic acids is 2. The molecule has 1 aliphatic heterocycles. The Morgan fingerprint density at radius 1 is 1.33 bits per heavy atom. The maximum Gasteiger partial charge on any atom is 0.328 e. The van der Waals surface area contributed by atoms with Gasteiger partial charge in [0.15, 0.2) is 0 Å². The lowest BCUT2D eigenvalue weighted by molar-refractivity contribution is -0.118. The van der Waals surface area contributed by atoms with Crippen molar-refractivity contribution < 1.29 is 9.59 Å². The third-order valence-corrected chi connectivity index (χ3v) is 2.80. The van der Waals surface area contributed by atoms with Gasteiger partial charge in [0.2, 0.25) is 5.91 Å². The molecule has 3 amide bonds. The fourth-order valence-electron chi connectivity index (χ4n) is 1.46. The van der Waals surface area contributed by atoms with Crippen LogP contribution in [0.15, 0.2) is 24.3 Å². The number of amides is 3. The second-order valence-corrected chi connectivity index (χ2v) is 4.44. The average molecular weight is 316 g/mol. The SMILES string of the molecule is O=C1CCNC(=O)N1c1cccc(I)c1. The van der Waals surface area contributed by atoms with Crippen LogP contribution in [0.3, 0.4) is 0 Å². The van der Waals surface area contributed by atoms with E-state index >= 15 is 0 Å². The first kappa shape index (κ1) is 10.4. The van der Waals surface area contributed by atoms with Crippen molar-refractivity contribution in [3.05, 3.63) is 27.8 Å². The van der Waals surface area contributed by atoms with E-state index in [-0.39, 0.29) is 11.9 Å². The van der Waals surface area contributed by atoms with Gasteiger partial charge in [0.05, 0.1) is 5.69 Å². The summed E-state index contributed by atoms with van der Waals surface area (Å²) in [6.07, 6.45) is 0.358. The number of benzene rings is 1. The van der Waals surface area contributed by atoms with E-state index in [1.54, 1.807) is 6.07 Å². The van der Waals surface area contributed by atoms with E-state index in [1.807, 2.05) is 18.2 Å². The van der Waals surface area contributed by atoms with Crippen molar-refractivity contribution in [2.24, 2.45) is 0 Å². The van der Waals surface area contributed by atoms with Gasteiger partial charge >= 0.3 is 6.03 Å². The molecule has 15 heavy (non-hydrogen) atoms. The van der Waals surface area contributed by atoms with Crippen LogP contribution in [0.2, 0.25) is 0 Å². The van der Waals surface area contributed by atoms with Gasteiger partial charge in [0, 0.05) is 16.5 Å². The Balaban J connectivity index is 2.35. The molecule has 0 unspecified atom stereocenters. The minimum absolute atomic E-state index is 0.152. The van der Waals surface area contributed by atoms with Gasteiger partial charge in [-0.25, -0.2) is 9.69 Å². The van der Waals surface area contributed by atoms with E-state index in [0.717, 1.165) is 3.57 Å². The van der Waals surface area contributed by atoms with E-state index < -0.39 is 0 Å². The molecular weight excluding hydrogens is 307 g/mol. The largest absolute Gasteiger partial charge is 0.337 e. The van der Waals surface area contributed by atoms with Gasteiger partial charge in [-0.3, -0.25) is 4.79 Å². The Hall–Kier alpha value is -1.11. The molecule has 0 atom stereocenters. The molecule has 1 saturated heterocycles. The van der Waals surface area contributed by atoms with Crippen molar-refractivity contribution in [1.29, 1.82) is 0 Å². The van der Waals surface area contributed by atoms with Gasteiger partial charge in [-0.05, 0) is 40.8 Å². The van der Waals surface area contributed by atoms with Gasteiger partial charge in [-0.15, -0.1) is 0 Å². The molecular formula is C10H9IN2O2. The van der Waals surface area contributed by atoms with E-state index in [0.29, 0.717) is 18.7 Å². The Morgan fingerprint density at radius 2 is 2.13 bits per heavy atom. The highest BCUT2D eigenvalue weighted by Gasteiger charge is 2.26. The molecule has 1 aromatic rings. The normalized spacial score (nSPS) is 16.5. The molecule has 78 valence electrons. The number of carbonyl (C=O) groups is 2. The summed E-state index contributed by atoms with van der Waals surface area (Å²) in [5, 5.41) is 2.64. The van der Waals surface area contributed by atoms with Crippen LogP contribution in [0.25, 0.3) is 0 Å². The number of rotatable bonds is 1. The van der Waals surface area contributed by atoms with E-state index in [4.69, 9.17) is 0 Å². The minimum atomic E-state index is -0.340. The molecule has 1 aliphatic rings. The highest BCUT2D eigenvalue weighted by molar-refractivity contribution is 14.1. The van der Waals surface area contributed by atoms with Crippen LogP contribution in [0.1, 0.15) is 6.42 Å². The van der Waals surface area contributed by atoms with Crippen LogP contribution in [0.4, 0.5) is 10.5 Å². The van der Waals surface area contributed by atoms with Gasteiger partial charge in [0.25, 0.3) is 0 Å². The lowest BCUT2D eigenvalue weighted by atomic mass is 10.2. The number of halogens is 1. The van der Waals surface area contributed by atoms with Crippen molar-refractivity contribution in [1.82, 2.24) is 5.32 Å². The number of nitrogens with zero attached hydrogens (tertiary/aromatic N) is 1. The summed E-state index contributed by atoms with van der Waals surface area (Å²) in [6.45, 7) is 0.429. The Labute approximate surface area is 101 Å². The lowest BCUT2D eigenvalue weighted by Crippen LogP contribution is -2.50. The zero-order valence-electron chi connectivity index (χ0n) is 7.87. The van der Waals surface area contributed by atoms with Crippen LogP contribution in [0, 0.1) is 3.57 Å². The minimum Gasteiger partial charge on any atom is -0.337 e. The number of imide groups is 1. The molecule has 0 aliphatic carbocycles. The first-order valence-corrected chi connectivity index (χ1v) is 5.63. The monoisotopic (exact) mass is 316 g/mol. The number of nitrogens with one attached hydrogen (secondary N) is 1. The smallest absolute Gasteiger partial charge is 0.328 e. The summed E-state index contributed by atoms with van der Waals surface area (Å²) in [5.74, 6) is -0.152. The summed E-state index contributed by atoms with van der Waals surface area (Å²) in [6, 6.07) is 6.96. The van der Waals surface area contributed by atoms with Gasteiger partial charge < -0.3 is 5.32 Å². The standard InChI is InChI=1S/C10H9IN2O2/c11-7-2-1-3-8(6-7)13-9(14)4-5-12-10(13)15/h1-3,6H,4-5H2,(H,12,15). The molecule has 0 saturated carbocycles. The van der Waals surface area contributed by atoms with E-state index in [1.165, 1.54) is 4.90 Å². The van der Waals surface area contributed by atoms with Crippen LogP contribution < -0.4 is 10.2 Å². The zero-order chi connectivity index (χ0) is 10.8. The molecule has 1 N–H and O–H groups in total. The van der Waals surface area contributed by atoms with Crippen molar-refractivity contribution in [2.45, 2.75) is 6.42 Å². The summed E-state index contributed by atoms with van der Waals surface area (Å²) in [4.78, 5) is 24.3. The number of urea groups is 1. The predicted molar refractivity (Wildman–Crippen MR) is 64.7 cm³/mol. The highest BCUT2D eigenvalue weighted by Crippen LogP contribution is 2.19. The maximum atomic E-state index is 11.6. The van der Waals surface area contributed by atoms with Gasteiger partial charge in [0.1, 0.15) is 0 Å². The summed E-state index contributed by atoms with van der Waals surface area (Å²) in [7, 11) is 0. The third-order valence-electron chi connectivity index (χ3n) is 2.13. The van der Waals surface area contributed by atoms with Crippen LogP contribution in [0.5, 0.6) is 0 Å². The van der Waals surface area contributed by atoms with Crippen molar-refractivity contribution in [2.75, 3.05) is 11.4 Å². The average Bonchev–Trinajstić information content (AvgIpc) is 2.17. The lowest BCUT2D eigenvalue weighted by Gasteiger charge is -2.25. The summed E-state index contributed by atoms with van der Waals surface area (Å²) in [5.41, 5.74) is 0.629. The zero-order valence-corrected chi connectivity index (χ0v) is 10.0. The fourth-order valence-corrected chi connectivity index (χ4v) is 1.98. The first-order chi connectivity index (χ1) is 7.18. The second kappa shape index (κ2) is 4.18. The molecule has 0 spiro atoms. The van der Waals surface area contributed by atoms with Crippen LogP contribution in [-0.4, -0.2) is 18.5 Å². The van der Waals surface area contributed by atoms with E-state index in [2.05, 4.69) is 27.9 Å². The second-order valence-electron chi connectivity index (χ2n) is 3.19. The third kappa shape index (κ3) is 2.11. The summed E-state index contributed by atoms with van der Waals surface area (Å²) < 4.78 is 0.997. The van der Waals surface area contributed by atoms with Gasteiger partial charge in [-0.2, -0.15) is 0 Å². The first-order valence-electron chi connectivity index (χ1n) is 4.55. The molecule has 1 heterocycles. The quantitative estimate of drug-likeness (QED) is 0.802. The molecule has 1 aromatic carbocycles. The predicted octanol–water partition coefficient (Wildman–Crippen LogP) is 1.74. The van der Waals surface area contributed by atoms with Crippen molar-refractivity contribution in [3.63, 3.8) is 0 Å². The van der Waals surface area contributed by atoms with Gasteiger partial charge in [-0.1, -0.05) is 6.07 Å². The Bertz CT molecular complexity index is 404. The Kier molecular flexibility index (Phi) is 2.90. The molecule has 0 aromatic heterocycles. The van der Waals surface area contributed by atoms with Crippen molar-refractivity contribution >= 4 is 40.2 Å². The fraction of sp³-hybridized carbons (Fsp3) is 0.200. The Morgan fingerprint density at radius 3 is 2.80 bits per heavy atom. The number of hydrogen-bond donors (Lipinski definition) is 1. The summed E-state index contributed by atoms with van der Waals surface area (Å²) >= 11 is 2.15. The number of hydrogen-bond acceptors (Lipinski definition) is 2. The molecule has 0 bridgehead atoms. The molecule has 0 radical (unpaired) electrons. The van der Waals surface area contributed by atoms with Crippen LogP contribution in [-0.2, 0) is 4.79 Å². The molecule has 2 rings (SSSR count). The molecule has 4 nitrogen and oxygen atoms in total. The van der Waals surface area contributed by atoms with E-state index in [9.17, 15) is 9.59 Å². The maximum absolute atomic E-state index is 11.6. The topological polar surface area (TPSA) is 49.4 Å². The highest BCUT2D eigenvalue weighted by atomic mass is 127.